The molecule has 2 unspecified atom stereocenters. The number of aromatic nitrogens is 2. The van der Waals surface area contributed by atoms with Gasteiger partial charge < -0.3 is 24.2 Å². The van der Waals surface area contributed by atoms with Crippen molar-refractivity contribution in [1.82, 2.24) is 20.4 Å². The zero-order chi connectivity index (χ0) is 22.8. The second kappa shape index (κ2) is 9.33. The maximum Gasteiger partial charge on any atom is 0.258 e. The molecule has 2 aliphatic rings. The molecule has 8 heteroatoms. The minimum absolute atomic E-state index is 0.157. The highest BCUT2D eigenvalue weighted by atomic mass is 32.1. The maximum absolute atomic E-state index is 5.87. The smallest absolute Gasteiger partial charge is 0.258 e. The van der Waals surface area contributed by atoms with E-state index < -0.39 is 0 Å². The Morgan fingerprint density at radius 1 is 1.18 bits per heavy atom. The molecule has 2 aromatic carbocycles. The second-order valence-electron chi connectivity index (χ2n) is 8.19. The molecule has 2 atom stereocenters. The van der Waals surface area contributed by atoms with Crippen molar-refractivity contribution in [2.24, 2.45) is 0 Å². The SMILES string of the molecule is COc1cccc(-c2noc(C3=C(C)N(CC4CCCO4)C(=S)NC3c3ccccc3)n2)c1. The molecular formula is C25H26N4O3S. The molecule has 0 bridgehead atoms. The van der Waals surface area contributed by atoms with Gasteiger partial charge in [0.1, 0.15) is 5.75 Å². The fourth-order valence-corrected chi connectivity index (χ4v) is 4.71. The van der Waals surface area contributed by atoms with Gasteiger partial charge in [-0.1, -0.05) is 47.6 Å². The first-order chi connectivity index (χ1) is 16.1. The van der Waals surface area contributed by atoms with E-state index in [9.17, 15) is 0 Å². The summed E-state index contributed by atoms with van der Waals surface area (Å²) in [6, 6.07) is 17.6. The minimum Gasteiger partial charge on any atom is -0.497 e. The van der Waals surface area contributed by atoms with E-state index in [-0.39, 0.29) is 12.1 Å². The van der Waals surface area contributed by atoms with Gasteiger partial charge in [0.2, 0.25) is 5.82 Å². The van der Waals surface area contributed by atoms with Gasteiger partial charge in [-0.25, -0.2) is 0 Å². The van der Waals surface area contributed by atoms with Crippen LogP contribution in [-0.2, 0) is 4.74 Å². The van der Waals surface area contributed by atoms with Gasteiger partial charge in [0.05, 0.1) is 31.4 Å². The molecular weight excluding hydrogens is 436 g/mol. The molecule has 1 aromatic heterocycles. The summed E-state index contributed by atoms with van der Waals surface area (Å²) in [4.78, 5) is 6.86. The van der Waals surface area contributed by atoms with Crippen molar-refractivity contribution in [1.29, 1.82) is 0 Å². The van der Waals surface area contributed by atoms with E-state index in [1.165, 1.54) is 0 Å². The predicted octanol–water partition coefficient (Wildman–Crippen LogP) is 4.59. The topological polar surface area (TPSA) is 72.7 Å². The quantitative estimate of drug-likeness (QED) is 0.534. The second-order valence-corrected chi connectivity index (χ2v) is 8.58. The summed E-state index contributed by atoms with van der Waals surface area (Å²) in [6.45, 7) is 3.55. The Kier molecular flexibility index (Phi) is 6.11. The first kappa shape index (κ1) is 21.6. The van der Waals surface area contributed by atoms with E-state index in [2.05, 4.69) is 34.4 Å². The lowest BCUT2D eigenvalue weighted by Gasteiger charge is -2.38. The molecule has 170 valence electrons. The summed E-state index contributed by atoms with van der Waals surface area (Å²) < 4.78 is 17.0. The van der Waals surface area contributed by atoms with Crippen LogP contribution in [0.2, 0.25) is 0 Å². The van der Waals surface area contributed by atoms with Gasteiger partial charge >= 0.3 is 0 Å². The molecule has 33 heavy (non-hydrogen) atoms. The average Bonchev–Trinajstić information content (AvgIpc) is 3.54. The van der Waals surface area contributed by atoms with E-state index in [0.717, 1.165) is 47.6 Å². The number of methoxy groups -OCH3 is 1. The Morgan fingerprint density at radius 2 is 2.03 bits per heavy atom. The minimum atomic E-state index is -0.196. The summed E-state index contributed by atoms with van der Waals surface area (Å²) in [7, 11) is 1.64. The van der Waals surface area contributed by atoms with Gasteiger partial charge in [-0.15, -0.1) is 0 Å². The van der Waals surface area contributed by atoms with Gasteiger partial charge in [-0.3, -0.25) is 0 Å². The van der Waals surface area contributed by atoms with Crippen molar-refractivity contribution in [3.63, 3.8) is 0 Å². The third-order valence-corrected chi connectivity index (χ3v) is 6.46. The van der Waals surface area contributed by atoms with Crippen LogP contribution >= 0.6 is 12.2 Å². The molecule has 0 saturated carbocycles. The molecule has 0 aliphatic carbocycles. The molecule has 1 saturated heterocycles. The third kappa shape index (κ3) is 4.36. The molecule has 5 rings (SSSR count). The summed E-state index contributed by atoms with van der Waals surface area (Å²) in [5, 5.41) is 8.44. The van der Waals surface area contributed by atoms with Crippen LogP contribution in [0.15, 0.2) is 64.8 Å². The van der Waals surface area contributed by atoms with Crippen molar-refractivity contribution >= 4 is 22.9 Å². The number of rotatable bonds is 6. The van der Waals surface area contributed by atoms with Crippen LogP contribution in [0.25, 0.3) is 17.0 Å². The molecule has 0 spiro atoms. The number of nitrogens with zero attached hydrogens (tertiary/aromatic N) is 3. The van der Waals surface area contributed by atoms with Crippen LogP contribution in [0.1, 0.15) is 37.3 Å². The Hall–Kier alpha value is -3.23. The number of hydrogen-bond donors (Lipinski definition) is 1. The molecule has 0 amide bonds. The summed E-state index contributed by atoms with van der Waals surface area (Å²) in [5.74, 6) is 1.71. The van der Waals surface area contributed by atoms with Crippen molar-refractivity contribution < 1.29 is 14.0 Å². The van der Waals surface area contributed by atoms with Gasteiger partial charge in [0.25, 0.3) is 5.89 Å². The number of thiocarbonyl (C=S) groups is 1. The normalized spacial score (nSPS) is 20.8. The number of nitrogens with one attached hydrogen (secondary N) is 1. The van der Waals surface area contributed by atoms with Crippen molar-refractivity contribution in [2.45, 2.75) is 31.9 Å². The van der Waals surface area contributed by atoms with Gasteiger partial charge in [0.15, 0.2) is 5.11 Å². The Balaban J connectivity index is 1.56. The fourth-order valence-electron chi connectivity index (χ4n) is 4.38. The zero-order valence-electron chi connectivity index (χ0n) is 18.7. The number of allylic oxidation sites excluding steroid dienone is 1. The molecule has 2 aliphatic heterocycles. The largest absolute Gasteiger partial charge is 0.497 e. The molecule has 7 nitrogen and oxygen atoms in total. The molecule has 3 aromatic rings. The summed E-state index contributed by atoms with van der Waals surface area (Å²) in [5.41, 5.74) is 3.81. The van der Waals surface area contributed by atoms with E-state index >= 15 is 0 Å². The monoisotopic (exact) mass is 462 g/mol. The number of ether oxygens (including phenoxy) is 2. The Bertz CT molecular complexity index is 1170. The van der Waals surface area contributed by atoms with Crippen molar-refractivity contribution in [2.75, 3.05) is 20.3 Å². The number of benzene rings is 2. The highest BCUT2D eigenvalue weighted by Crippen LogP contribution is 2.38. The van der Waals surface area contributed by atoms with E-state index in [0.29, 0.717) is 23.4 Å². The van der Waals surface area contributed by atoms with E-state index in [4.69, 9.17) is 31.2 Å². The molecule has 3 heterocycles. The Labute approximate surface area is 198 Å². The predicted molar refractivity (Wildman–Crippen MR) is 129 cm³/mol. The zero-order valence-corrected chi connectivity index (χ0v) is 19.5. The molecule has 0 radical (unpaired) electrons. The highest BCUT2D eigenvalue weighted by molar-refractivity contribution is 7.80. The lowest BCUT2D eigenvalue weighted by molar-refractivity contribution is 0.0962. The van der Waals surface area contributed by atoms with Gasteiger partial charge in [-0.2, -0.15) is 4.98 Å². The summed E-state index contributed by atoms with van der Waals surface area (Å²) >= 11 is 5.77. The van der Waals surface area contributed by atoms with Crippen LogP contribution in [0.3, 0.4) is 0 Å². The standard InChI is InChI=1S/C25H26N4O3S/c1-16-21(24-27-23(28-32-24)18-10-6-11-19(14-18)30-2)22(17-8-4-3-5-9-17)26-25(33)29(16)15-20-12-7-13-31-20/h3-6,8-11,14,20,22H,7,12-13,15H2,1-2H3,(H,26,33). The van der Waals surface area contributed by atoms with Crippen molar-refractivity contribution in [3.05, 3.63) is 71.7 Å². The van der Waals surface area contributed by atoms with E-state index in [1.807, 2.05) is 42.5 Å². The van der Waals surface area contributed by atoms with Crippen LogP contribution in [0, 0.1) is 0 Å². The van der Waals surface area contributed by atoms with Crippen LogP contribution in [-0.4, -0.2) is 46.5 Å². The first-order valence-electron chi connectivity index (χ1n) is 11.1. The third-order valence-electron chi connectivity index (χ3n) is 6.12. The lowest BCUT2D eigenvalue weighted by Crippen LogP contribution is -2.48. The first-order valence-corrected chi connectivity index (χ1v) is 11.5. The van der Waals surface area contributed by atoms with Gasteiger partial charge in [0, 0.05) is 17.9 Å². The Morgan fingerprint density at radius 3 is 2.79 bits per heavy atom. The summed E-state index contributed by atoms with van der Waals surface area (Å²) in [6.07, 6.45) is 2.27. The van der Waals surface area contributed by atoms with E-state index in [1.54, 1.807) is 7.11 Å². The highest BCUT2D eigenvalue weighted by Gasteiger charge is 2.35. The molecule has 1 fully saturated rings. The lowest BCUT2D eigenvalue weighted by atomic mass is 9.94. The average molecular weight is 463 g/mol. The van der Waals surface area contributed by atoms with Crippen molar-refractivity contribution in [3.8, 4) is 17.1 Å². The van der Waals surface area contributed by atoms with Crippen LogP contribution in [0.5, 0.6) is 5.75 Å². The molecule has 1 N–H and O–H groups in total. The fraction of sp³-hybridized carbons (Fsp3) is 0.320. The van der Waals surface area contributed by atoms with Crippen LogP contribution < -0.4 is 10.1 Å². The number of hydrogen-bond acceptors (Lipinski definition) is 6. The van der Waals surface area contributed by atoms with Gasteiger partial charge in [-0.05, 0) is 49.7 Å². The maximum atomic E-state index is 5.87. The van der Waals surface area contributed by atoms with Crippen LogP contribution in [0.4, 0.5) is 0 Å².